The Morgan fingerprint density at radius 2 is 1.95 bits per heavy atom. The minimum atomic E-state index is 0.274. The van der Waals surface area contributed by atoms with Crippen molar-refractivity contribution in [3.05, 3.63) is 35.9 Å². The molecule has 1 aromatic rings. The van der Waals surface area contributed by atoms with Gasteiger partial charge in [0, 0.05) is 19.2 Å². The van der Waals surface area contributed by atoms with Crippen molar-refractivity contribution in [2.24, 2.45) is 5.41 Å². The summed E-state index contributed by atoms with van der Waals surface area (Å²) in [6.07, 6.45) is 7.99. The lowest BCUT2D eigenvalue weighted by Crippen LogP contribution is -2.52. The van der Waals surface area contributed by atoms with Crippen molar-refractivity contribution in [2.75, 3.05) is 13.2 Å². The van der Waals surface area contributed by atoms with Crippen LogP contribution in [-0.2, 0) is 0 Å². The van der Waals surface area contributed by atoms with Crippen LogP contribution in [0.1, 0.15) is 50.0 Å². The SMILES string of the molecule is OCCC(CNC1CC2(CCC2)C1)c1ccccc1. The largest absolute Gasteiger partial charge is 0.396 e. The molecule has 1 unspecified atom stereocenters. The van der Waals surface area contributed by atoms with Crippen molar-refractivity contribution in [3.8, 4) is 0 Å². The topological polar surface area (TPSA) is 32.3 Å². The molecule has 2 fully saturated rings. The molecule has 3 rings (SSSR count). The Morgan fingerprint density at radius 3 is 2.53 bits per heavy atom. The van der Waals surface area contributed by atoms with Gasteiger partial charge in [0.05, 0.1) is 0 Å². The minimum absolute atomic E-state index is 0.274. The van der Waals surface area contributed by atoms with E-state index in [0.29, 0.717) is 5.92 Å². The second kappa shape index (κ2) is 5.64. The molecule has 0 bridgehead atoms. The number of rotatable bonds is 6. The van der Waals surface area contributed by atoms with Crippen LogP contribution in [0.4, 0.5) is 0 Å². The summed E-state index contributed by atoms with van der Waals surface area (Å²) in [6, 6.07) is 11.3. The van der Waals surface area contributed by atoms with E-state index in [-0.39, 0.29) is 6.61 Å². The van der Waals surface area contributed by atoms with Crippen molar-refractivity contribution < 1.29 is 5.11 Å². The maximum Gasteiger partial charge on any atom is 0.0437 e. The molecule has 2 heteroatoms. The highest BCUT2D eigenvalue weighted by molar-refractivity contribution is 5.20. The minimum Gasteiger partial charge on any atom is -0.396 e. The summed E-state index contributed by atoms with van der Waals surface area (Å²) in [4.78, 5) is 0. The van der Waals surface area contributed by atoms with Crippen molar-refractivity contribution in [3.63, 3.8) is 0 Å². The summed E-state index contributed by atoms with van der Waals surface area (Å²) < 4.78 is 0. The lowest BCUT2D eigenvalue weighted by atomic mass is 9.54. The number of nitrogens with one attached hydrogen (secondary N) is 1. The monoisotopic (exact) mass is 259 g/mol. The molecule has 1 atom stereocenters. The number of aliphatic hydroxyl groups is 1. The summed E-state index contributed by atoms with van der Waals surface area (Å²) in [7, 11) is 0. The van der Waals surface area contributed by atoms with E-state index in [4.69, 9.17) is 0 Å². The molecule has 0 aromatic heterocycles. The van der Waals surface area contributed by atoms with Gasteiger partial charge < -0.3 is 10.4 Å². The summed E-state index contributed by atoms with van der Waals surface area (Å²) in [5.41, 5.74) is 2.10. The predicted molar refractivity (Wildman–Crippen MR) is 78.2 cm³/mol. The van der Waals surface area contributed by atoms with E-state index in [9.17, 15) is 5.11 Å². The molecule has 2 saturated carbocycles. The number of hydrogen-bond acceptors (Lipinski definition) is 2. The van der Waals surface area contributed by atoms with Gasteiger partial charge in [-0.05, 0) is 49.0 Å². The Labute approximate surface area is 116 Å². The lowest BCUT2D eigenvalue weighted by molar-refractivity contribution is -0.00257. The summed E-state index contributed by atoms with van der Waals surface area (Å²) in [5.74, 6) is 0.448. The third kappa shape index (κ3) is 2.85. The molecule has 0 saturated heterocycles. The van der Waals surface area contributed by atoms with Crippen LogP contribution in [0.2, 0.25) is 0 Å². The first-order valence-corrected chi connectivity index (χ1v) is 7.71. The fourth-order valence-electron chi connectivity index (χ4n) is 3.79. The summed E-state index contributed by atoms with van der Waals surface area (Å²) in [5, 5.41) is 13.0. The zero-order valence-electron chi connectivity index (χ0n) is 11.6. The average molecular weight is 259 g/mol. The van der Waals surface area contributed by atoms with Crippen LogP contribution in [0.25, 0.3) is 0 Å². The van der Waals surface area contributed by atoms with E-state index in [1.54, 1.807) is 0 Å². The zero-order valence-corrected chi connectivity index (χ0v) is 11.6. The second-order valence-corrected chi connectivity index (χ2v) is 6.49. The van der Waals surface area contributed by atoms with Crippen molar-refractivity contribution in [1.82, 2.24) is 5.32 Å². The van der Waals surface area contributed by atoms with Crippen LogP contribution >= 0.6 is 0 Å². The van der Waals surface area contributed by atoms with Gasteiger partial charge in [0.25, 0.3) is 0 Å². The van der Waals surface area contributed by atoms with E-state index >= 15 is 0 Å². The number of aliphatic hydroxyl groups excluding tert-OH is 1. The molecule has 19 heavy (non-hydrogen) atoms. The predicted octanol–water partition coefficient (Wildman–Crippen LogP) is 3.07. The molecule has 2 aliphatic rings. The van der Waals surface area contributed by atoms with Gasteiger partial charge in [-0.15, -0.1) is 0 Å². The van der Waals surface area contributed by atoms with E-state index in [0.717, 1.165) is 24.4 Å². The van der Waals surface area contributed by atoms with E-state index in [1.807, 2.05) is 0 Å². The first kappa shape index (κ1) is 13.1. The third-order valence-electron chi connectivity index (χ3n) is 5.17. The van der Waals surface area contributed by atoms with Gasteiger partial charge in [-0.25, -0.2) is 0 Å². The third-order valence-corrected chi connectivity index (χ3v) is 5.17. The molecule has 1 spiro atoms. The highest BCUT2D eigenvalue weighted by atomic mass is 16.3. The molecule has 104 valence electrons. The molecular formula is C17H25NO. The Bertz CT molecular complexity index is 391. The highest BCUT2D eigenvalue weighted by Gasteiger charge is 2.47. The van der Waals surface area contributed by atoms with Crippen molar-refractivity contribution >= 4 is 0 Å². The summed E-state index contributed by atoms with van der Waals surface area (Å²) in [6.45, 7) is 1.28. The molecular weight excluding hydrogens is 234 g/mol. The Morgan fingerprint density at radius 1 is 1.21 bits per heavy atom. The van der Waals surface area contributed by atoms with Crippen LogP contribution in [0.5, 0.6) is 0 Å². The standard InChI is InChI=1S/C17H25NO/c19-10-7-15(14-5-2-1-3-6-14)13-18-16-11-17(12-16)8-4-9-17/h1-3,5-6,15-16,18-19H,4,7-13H2. The first-order valence-electron chi connectivity index (χ1n) is 7.71. The Hall–Kier alpha value is -0.860. The fraction of sp³-hybridized carbons (Fsp3) is 0.647. The van der Waals surface area contributed by atoms with Gasteiger partial charge >= 0.3 is 0 Å². The molecule has 2 nitrogen and oxygen atoms in total. The molecule has 0 radical (unpaired) electrons. The van der Waals surface area contributed by atoms with Gasteiger partial charge in [-0.1, -0.05) is 36.8 Å². The maximum atomic E-state index is 9.24. The highest BCUT2D eigenvalue weighted by Crippen LogP contribution is 2.55. The van der Waals surface area contributed by atoms with Crippen LogP contribution in [0.15, 0.2) is 30.3 Å². The lowest BCUT2D eigenvalue weighted by Gasteiger charge is -2.54. The fourth-order valence-corrected chi connectivity index (χ4v) is 3.79. The molecule has 2 N–H and O–H groups in total. The quantitative estimate of drug-likeness (QED) is 0.823. The molecule has 2 aliphatic carbocycles. The Kier molecular flexibility index (Phi) is 3.90. The normalized spacial score (nSPS) is 22.8. The van der Waals surface area contributed by atoms with Crippen LogP contribution < -0.4 is 5.32 Å². The van der Waals surface area contributed by atoms with Crippen molar-refractivity contribution in [1.29, 1.82) is 0 Å². The van der Waals surface area contributed by atoms with Gasteiger partial charge in [-0.2, -0.15) is 0 Å². The van der Waals surface area contributed by atoms with Crippen LogP contribution in [0, 0.1) is 5.41 Å². The maximum absolute atomic E-state index is 9.24. The molecule has 0 heterocycles. The van der Waals surface area contributed by atoms with E-state index in [1.165, 1.54) is 37.7 Å². The van der Waals surface area contributed by atoms with Gasteiger partial charge in [0.15, 0.2) is 0 Å². The van der Waals surface area contributed by atoms with Gasteiger partial charge in [-0.3, -0.25) is 0 Å². The first-order chi connectivity index (χ1) is 9.31. The number of hydrogen-bond donors (Lipinski definition) is 2. The number of benzene rings is 1. The van der Waals surface area contributed by atoms with E-state index < -0.39 is 0 Å². The zero-order chi connectivity index (χ0) is 13.1. The Balaban J connectivity index is 1.49. The summed E-state index contributed by atoms with van der Waals surface area (Å²) >= 11 is 0. The molecule has 0 aliphatic heterocycles. The average Bonchev–Trinajstić information content (AvgIpc) is 2.35. The van der Waals surface area contributed by atoms with Gasteiger partial charge in [0.1, 0.15) is 0 Å². The smallest absolute Gasteiger partial charge is 0.0437 e. The van der Waals surface area contributed by atoms with Crippen LogP contribution in [0.3, 0.4) is 0 Å². The van der Waals surface area contributed by atoms with Crippen LogP contribution in [-0.4, -0.2) is 24.3 Å². The van der Waals surface area contributed by atoms with Gasteiger partial charge in [0.2, 0.25) is 0 Å². The van der Waals surface area contributed by atoms with Crippen molar-refractivity contribution in [2.45, 2.75) is 50.5 Å². The van der Waals surface area contributed by atoms with E-state index in [2.05, 4.69) is 35.6 Å². The second-order valence-electron chi connectivity index (χ2n) is 6.49. The molecule has 1 aromatic carbocycles. The molecule has 0 amide bonds.